The molecule has 0 heterocycles. The first-order valence-corrected chi connectivity index (χ1v) is 8.22. The second-order valence-corrected chi connectivity index (χ2v) is 6.30. The van der Waals surface area contributed by atoms with E-state index in [1.807, 2.05) is 12.1 Å². The van der Waals surface area contributed by atoms with Gasteiger partial charge in [-0.05, 0) is 37.7 Å². The summed E-state index contributed by atoms with van der Waals surface area (Å²) in [6.45, 7) is 4.60. The largest absolute Gasteiger partial charge is 0.489 e. The summed E-state index contributed by atoms with van der Waals surface area (Å²) in [5.74, 6) is 1.68. The monoisotopic (exact) mass is 311 g/mol. The van der Waals surface area contributed by atoms with E-state index in [0.717, 1.165) is 43.2 Å². The highest BCUT2D eigenvalue weighted by Crippen LogP contribution is 2.33. The Morgan fingerprint density at radius 3 is 2.71 bits per heavy atom. The molecule has 0 aromatic heterocycles. The Bertz CT molecular complexity index is 431. The normalized spacial score (nSPS) is 22.2. The van der Waals surface area contributed by atoms with Gasteiger partial charge in [-0.3, -0.25) is 0 Å². The molecule has 1 aromatic rings. The lowest BCUT2D eigenvalue weighted by Gasteiger charge is -2.28. The van der Waals surface area contributed by atoms with Gasteiger partial charge in [-0.2, -0.15) is 0 Å². The maximum absolute atomic E-state index is 6.34. The number of halogens is 1. The number of rotatable bonds is 7. The maximum Gasteiger partial charge on any atom is 0.142 e. The Morgan fingerprint density at radius 2 is 2.00 bits per heavy atom. The Kier molecular flexibility index (Phi) is 6.81. The van der Waals surface area contributed by atoms with Gasteiger partial charge in [0.25, 0.3) is 0 Å². The third-order valence-corrected chi connectivity index (χ3v) is 4.39. The minimum absolute atomic E-state index is 0.304. The van der Waals surface area contributed by atoms with Crippen LogP contribution in [-0.2, 0) is 11.3 Å². The van der Waals surface area contributed by atoms with E-state index in [4.69, 9.17) is 21.1 Å². The highest BCUT2D eigenvalue weighted by atomic mass is 35.5. The van der Waals surface area contributed by atoms with Gasteiger partial charge in [0.05, 0.1) is 17.7 Å². The molecule has 0 amide bonds. The van der Waals surface area contributed by atoms with Crippen molar-refractivity contribution in [1.29, 1.82) is 0 Å². The lowest BCUT2D eigenvalue weighted by atomic mass is 9.89. The summed E-state index contributed by atoms with van der Waals surface area (Å²) in [4.78, 5) is 0. The van der Waals surface area contributed by atoms with Crippen molar-refractivity contribution < 1.29 is 9.47 Å². The summed E-state index contributed by atoms with van der Waals surface area (Å²) < 4.78 is 11.3. The molecule has 1 fully saturated rings. The quantitative estimate of drug-likeness (QED) is 0.771. The Morgan fingerprint density at radius 1 is 1.24 bits per heavy atom. The summed E-state index contributed by atoms with van der Waals surface area (Å²) in [6.07, 6.45) is 5.05. The van der Waals surface area contributed by atoms with Crippen LogP contribution in [0.25, 0.3) is 0 Å². The lowest BCUT2D eigenvalue weighted by Crippen LogP contribution is -2.24. The molecule has 1 N–H and O–H groups in total. The zero-order valence-electron chi connectivity index (χ0n) is 13.0. The minimum Gasteiger partial charge on any atom is -0.489 e. The van der Waals surface area contributed by atoms with Crippen LogP contribution in [0.15, 0.2) is 18.2 Å². The average Bonchev–Trinajstić information content (AvgIpc) is 2.49. The van der Waals surface area contributed by atoms with E-state index in [-0.39, 0.29) is 0 Å². The van der Waals surface area contributed by atoms with Gasteiger partial charge < -0.3 is 14.8 Å². The molecular formula is C17H26ClNO2. The van der Waals surface area contributed by atoms with E-state index in [9.17, 15) is 0 Å². The number of ether oxygens (including phenoxy) is 2. The summed E-state index contributed by atoms with van der Waals surface area (Å²) in [6, 6.07) is 5.96. The van der Waals surface area contributed by atoms with Crippen molar-refractivity contribution >= 4 is 11.6 Å². The van der Waals surface area contributed by atoms with E-state index in [1.165, 1.54) is 12.8 Å². The summed E-state index contributed by atoms with van der Waals surface area (Å²) in [5.41, 5.74) is 1.12. The van der Waals surface area contributed by atoms with Gasteiger partial charge in [0, 0.05) is 25.8 Å². The molecule has 1 aliphatic rings. The van der Waals surface area contributed by atoms with E-state index in [1.54, 1.807) is 7.11 Å². The van der Waals surface area contributed by atoms with Crippen LogP contribution in [0, 0.1) is 5.92 Å². The molecule has 0 radical (unpaired) electrons. The average molecular weight is 312 g/mol. The smallest absolute Gasteiger partial charge is 0.142 e. The van der Waals surface area contributed by atoms with Crippen molar-refractivity contribution in [2.24, 2.45) is 5.92 Å². The molecule has 0 unspecified atom stereocenters. The van der Waals surface area contributed by atoms with Crippen LogP contribution in [0.5, 0.6) is 5.75 Å². The topological polar surface area (TPSA) is 30.5 Å². The molecule has 21 heavy (non-hydrogen) atoms. The van der Waals surface area contributed by atoms with Gasteiger partial charge in [-0.15, -0.1) is 0 Å². The summed E-state index contributed by atoms with van der Waals surface area (Å²) in [7, 11) is 1.71. The van der Waals surface area contributed by atoms with Gasteiger partial charge in [-0.25, -0.2) is 0 Å². The van der Waals surface area contributed by atoms with Crippen molar-refractivity contribution in [2.75, 3.05) is 20.3 Å². The van der Waals surface area contributed by atoms with Crippen molar-refractivity contribution in [3.05, 3.63) is 28.8 Å². The van der Waals surface area contributed by atoms with E-state index in [2.05, 4.69) is 18.3 Å². The van der Waals surface area contributed by atoms with Crippen molar-refractivity contribution in [3.63, 3.8) is 0 Å². The molecule has 0 aliphatic heterocycles. The first kappa shape index (κ1) is 16.6. The first-order valence-electron chi connectivity index (χ1n) is 7.84. The molecule has 118 valence electrons. The zero-order chi connectivity index (χ0) is 15.1. The fraction of sp³-hybridized carbons (Fsp3) is 0.647. The molecule has 1 aromatic carbocycles. The highest BCUT2D eigenvalue weighted by molar-refractivity contribution is 6.32. The maximum atomic E-state index is 6.34. The SMILES string of the molecule is COCCNCc1cccc(Cl)c1OC1CCC(C)CC1. The molecule has 4 heteroatoms. The van der Waals surface area contributed by atoms with Crippen LogP contribution in [0.3, 0.4) is 0 Å². The second-order valence-electron chi connectivity index (χ2n) is 5.90. The van der Waals surface area contributed by atoms with Crippen LogP contribution in [0.2, 0.25) is 5.02 Å². The van der Waals surface area contributed by atoms with Crippen LogP contribution in [0.1, 0.15) is 38.2 Å². The van der Waals surface area contributed by atoms with Crippen molar-refractivity contribution in [3.8, 4) is 5.75 Å². The standard InChI is InChI=1S/C17H26ClNO2/c1-13-6-8-15(9-7-13)21-17-14(4-3-5-16(17)18)12-19-10-11-20-2/h3-5,13,15,19H,6-12H2,1-2H3. The third kappa shape index (κ3) is 5.17. The zero-order valence-corrected chi connectivity index (χ0v) is 13.8. The van der Waals surface area contributed by atoms with Gasteiger partial charge in [0.2, 0.25) is 0 Å². The molecule has 3 nitrogen and oxygen atoms in total. The molecular weight excluding hydrogens is 286 g/mol. The number of nitrogens with one attached hydrogen (secondary N) is 1. The lowest BCUT2D eigenvalue weighted by molar-refractivity contribution is 0.134. The van der Waals surface area contributed by atoms with Crippen molar-refractivity contribution in [1.82, 2.24) is 5.32 Å². The summed E-state index contributed by atoms with van der Waals surface area (Å²) in [5, 5.41) is 4.06. The van der Waals surface area contributed by atoms with Crippen molar-refractivity contribution in [2.45, 2.75) is 45.3 Å². The summed E-state index contributed by atoms with van der Waals surface area (Å²) >= 11 is 6.34. The molecule has 0 saturated heterocycles. The van der Waals surface area contributed by atoms with Gasteiger partial charge in [-0.1, -0.05) is 30.7 Å². The number of hydrogen-bond acceptors (Lipinski definition) is 3. The fourth-order valence-electron chi connectivity index (χ4n) is 2.74. The van der Waals surface area contributed by atoms with E-state index >= 15 is 0 Å². The van der Waals surface area contributed by atoms with Crippen LogP contribution >= 0.6 is 11.6 Å². The van der Waals surface area contributed by atoms with Gasteiger partial charge >= 0.3 is 0 Å². The molecule has 0 atom stereocenters. The predicted molar refractivity (Wildman–Crippen MR) is 87.1 cm³/mol. The van der Waals surface area contributed by atoms with Gasteiger partial charge in [0.15, 0.2) is 0 Å². The molecule has 1 saturated carbocycles. The second kappa shape index (κ2) is 8.62. The number of benzene rings is 1. The first-order chi connectivity index (χ1) is 10.2. The van der Waals surface area contributed by atoms with Crippen LogP contribution < -0.4 is 10.1 Å². The van der Waals surface area contributed by atoms with Crippen LogP contribution in [0.4, 0.5) is 0 Å². The van der Waals surface area contributed by atoms with Gasteiger partial charge in [0.1, 0.15) is 5.75 Å². The van der Waals surface area contributed by atoms with Crippen LogP contribution in [-0.4, -0.2) is 26.4 Å². The molecule has 1 aliphatic carbocycles. The Labute approximate surface area is 133 Å². The highest BCUT2D eigenvalue weighted by Gasteiger charge is 2.21. The fourth-order valence-corrected chi connectivity index (χ4v) is 2.97. The minimum atomic E-state index is 0.304. The van der Waals surface area contributed by atoms with E-state index < -0.39 is 0 Å². The van der Waals surface area contributed by atoms with E-state index in [0.29, 0.717) is 17.7 Å². The molecule has 0 spiro atoms. The Hall–Kier alpha value is -0.770. The predicted octanol–water partition coefficient (Wildman–Crippen LogP) is 4.03. The number of para-hydroxylation sites is 1. The molecule has 2 rings (SSSR count). The third-order valence-electron chi connectivity index (χ3n) is 4.09. The number of hydrogen-bond donors (Lipinski definition) is 1. The molecule has 0 bridgehead atoms. The Balaban J connectivity index is 1.96. The number of methoxy groups -OCH3 is 1.